The molecule has 1 saturated heterocycles. The second kappa shape index (κ2) is 7.85. The Balaban J connectivity index is 1.78. The van der Waals surface area contributed by atoms with Crippen LogP contribution in [-0.4, -0.2) is 37.7 Å². The van der Waals surface area contributed by atoms with Gasteiger partial charge in [-0.05, 0) is 25.0 Å². The number of ether oxygens (including phenoxy) is 2. The van der Waals surface area contributed by atoms with Gasteiger partial charge < -0.3 is 15.2 Å². The highest BCUT2D eigenvalue weighted by atomic mass is 35.5. The molecule has 1 fully saturated rings. The molecular weight excluding hydrogens is 406 g/mol. The van der Waals surface area contributed by atoms with Crippen molar-refractivity contribution in [1.82, 2.24) is 19.5 Å². The zero-order valence-electron chi connectivity index (χ0n) is 17.1. The van der Waals surface area contributed by atoms with Gasteiger partial charge in [-0.2, -0.15) is 9.97 Å². The van der Waals surface area contributed by atoms with Crippen LogP contribution in [0, 0.1) is 5.41 Å². The van der Waals surface area contributed by atoms with Crippen molar-refractivity contribution < 1.29 is 14.3 Å². The van der Waals surface area contributed by atoms with E-state index in [-0.39, 0.29) is 17.2 Å². The van der Waals surface area contributed by atoms with Crippen molar-refractivity contribution in [1.29, 1.82) is 0 Å². The highest BCUT2D eigenvalue weighted by molar-refractivity contribution is 6.33. The van der Waals surface area contributed by atoms with Crippen LogP contribution in [0.2, 0.25) is 5.15 Å². The van der Waals surface area contributed by atoms with E-state index in [1.165, 1.54) is 0 Å². The number of nitrogen functional groups attached to an aromatic ring is 1. The van der Waals surface area contributed by atoms with Crippen molar-refractivity contribution in [3.05, 3.63) is 47.4 Å². The summed E-state index contributed by atoms with van der Waals surface area (Å²) < 4.78 is 14.2. The van der Waals surface area contributed by atoms with Crippen molar-refractivity contribution in [2.45, 2.75) is 52.0 Å². The Morgan fingerprint density at radius 3 is 2.70 bits per heavy atom. The van der Waals surface area contributed by atoms with E-state index in [1.807, 2.05) is 6.07 Å². The minimum absolute atomic E-state index is 0.0374. The first kappa shape index (κ1) is 20.6. The van der Waals surface area contributed by atoms with E-state index < -0.39 is 23.7 Å². The molecule has 1 aromatic carbocycles. The third kappa shape index (κ3) is 3.30. The van der Waals surface area contributed by atoms with Crippen LogP contribution in [0.25, 0.3) is 11.2 Å². The fraction of sp³-hybridized carbons (Fsp3) is 0.429. The number of fused-ring (bicyclic) bond motifs is 1. The molecule has 0 amide bonds. The van der Waals surface area contributed by atoms with Crippen molar-refractivity contribution >= 4 is 34.7 Å². The minimum Gasteiger partial charge on any atom is -0.453 e. The second-order valence-electron chi connectivity index (χ2n) is 7.67. The molecule has 30 heavy (non-hydrogen) atoms. The number of nitrogens with two attached hydrogens (primary N) is 1. The van der Waals surface area contributed by atoms with E-state index in [1.54, 1.807) is 35.2 Å². The molecule has 4 atom stereocenters. The van der Waals surface area contributed by atoms with Crippen molar-refractivity contribution in [3.8, 4) is 0 Å². The summed E-state index contributed by atoms with van der Waals surface area (Å²) in [5.74, 6) is -0.363. The zero-order valence-corrected chi connectivity index (χ0v) is 17.8. The van der Waals surface area contributed by atoms with Gasteiger partial charge in [-0.1, -0.05) is 50.6 Å². The Hall–Kier alpha value is -2.71. The summed E-state index contributed by atoms with van der Waals surface area (Å²) >= 11 is 6.19. The molecule has 8 nitrogen and oxygen atoms in total. The Labute approximate surface area is 179 Å². The molecule has 0 spiro atoms. The quantitative estimate of drug-likeness (QED) is 0.482. The predicted molar refractivity (Wildman–Crippen MR) is 113 cm³/mol. The van der Waals surface area contributed by atoms with Gasteiger partial charge in [0.1, 0.15) is 5.52 Å². The second-order valence-corrected chi connectivity index (χ2v) is 8.03. The average molecular weight is 430 g/mol. The van der Waals surface area contributed by atoms with E-state index >= 15 is 0 Å². The molecule has 3 heterocycles. The molecule has 3 aromatic rings. The molecule has 2 N–H and O–H groups in total. The number of rotatable bonds is 5. The maximum atomic E-state index is 12.9. The van der Waals surface area contributed by atoms with E-state index in [2.05, 4.69) is 35.7 Å². The smallest absolute Gasteiger partial charge is 0.338 e. The lowest BCUT2D eigenvalue weighted by Crippen LogP contribution is -2.40. The van der Waals surface area contributed by atoms with Gasteiger partial charge in [0.15, 0.2) is 23.1 Å². The monoisotopic (exact) mass is 429 g/mol. The average Bonchev–Trinajstić information content (AvgIpc) is 3.28. The summed E-state index contributed by atoms with van der Waals surface area (Å²) in [5.41, 5.74) is 6.74. The third-order valence-corrected chi connectivity index (χ3v) is 6.26. The Morgan fingerprint density at radius 2 is 2.03 bits per heavy atom. The SMILES string of the molecule is CCC1OC(n2cnc3c(Cl)nc(N)nc32)C(OC(=O)c2ccccc2)C1(C)CC. The lowest BCUT2D eigenvalue weighted by molar-refractivity contribution is -0.0478. The van der Waals surface area contributed by atoms with Crippen LogP contribution < -0.4 is 5.73 Å². The van der Waals surface area contributed by atoms with Crippen molar-refractivity contribution in [3.63, 3.8) is 0 Å². The molecule has 4 unspecified atom stereocenters. The number of hydrogen-bond donors (Lipinski definition) is 1. The number of carbonyl (C=O) groups is 1. The Bertz CT molecular complexity index is 1070. The van der Waals surface area contributed by atoms with Crippen LogP contribution in [0.15, 0.2) is 36.7 Å². The van der Waals surface area contributed by atoms with E-state index in [4.69, 9.17) is 26.8 Å². The fourth-order valence-electron chi connectivity index (χ4n) is 4.14. The summed E-state index contributed by atoms with van der Waals surface area (Å²) in [6, 6.07) is 8.92. The molecule has 0 saturated carbocycles. The van der Waals surface area contributed by atoms with Crippen LogP contribution in [0.3, 0.4) is 0 Å². The van der Waals surface area contributed by atoms with Gasteiger partial charge in [0.2, 0.25) is 5.95 Å². The number of nitrogens with zero attached hydrogens (tertiary/aromatic N) is 4. The number of anilines is 1. The number of halogens is 1. The molecule has 1 aliphatic rings. The van der Waals surface area contributed by atoms with Gasteiger partial charge in [-0.15, -0.1) is 0 Å². The highest BCUT2D eigenvalue weighted by Crippen LogP contribution is 2.49. The van der Waals surface area contributed by atoms with Gasteiger partial charge >= 0.3 is 5.97 Å². The summed E-state index contributed by atoms with van der Waals surface area (Å²) in [6.45, 7) is 6.21. The lowest BCUT2D eigenvalue weighted by Gasteiger charge is -2.33. The topological polar surface area (TPSA) is 105 Å². The fourth-order valence-corrected chi connectivity index (χ4v) is 4.36. The van der Waals surface area contributed by atoms with E-state index in [9.17, 15) is 4.79 Å². The normalized spacial score (nSPS) is 26.2. The van der Waals surface area contributed by atoms with Gasteiger partial charge in [0, 0.05) is 5.41 Å². The van der Waals surface area contributed by atoms with Gasteiger partial charge in [0.05, 0.1) is 18.0 Å². The molecule has 4 rings (SSSR count). The van der Waals surface area contributed by atoms with Crippen LogP contribution in [-0.2, 0) is 9.47 Å². The maximum Gasteiger partial charge on any atom is 0.338 e. The highest BCUT2D eigenvalue weighted by Gasteiger charge is 2.55. The number of hydrogen-bond acceptors (Lipinski definition) is 7. The maximum absolute atomic E-state index is 12.9. The first-order valence-electron chi connectivity index (χ1n) is 9.96. The first-order chi connectivity index (χ1) is 14.4. The number of aromatic nitrogens is 4. The van der Waals surface area contributed by atoms with Crippen LogP contribution >= 0.6 is 11.6 Å². The van der Waals surface area contributed by atoms with E-state index in [0.717, 1.165) is 12.8 Å². The molecular formula is C21H24ClN5O3. The summed E-state index contributed by atoms with van der Waals surface area (Å²) in [5, 5.41) is 0.164. The largest absolute Gasteiger partial charge is 0.453 e. The van der Waals surface area contributed by atoms with Gasteiger partial charge in [-0.3, -0.25) is 4.57 Å². The van der Waals surface area contributed by atoms with E-state index in [0.29, 0.717) is 16.7 Å². The van der Waals surface area contributed by atoms with Gasteiger partial charge in [0.25, 0.3) is 0 Å². The summed E-state index contributed by atoms with van der Waals surface area (Å²) in [7, 11) is 0. The summed E-state index contributed by atoms with van der Waals surface area (Å²) in [6.07, 6.45) is 1.81. The molecule has 0 aliphatic carbocycles. The minimum atomic E-state index is -0.622. The molecule has 9 heteroatoms. The first-order valence-corrected chi connectivity index (χ1v) is 10.3. The standard InChI is InChI=1S/C21H24ClN5O3/c1-4-13-21(3,5-2)15(30-19(28)12-9-7-6-8-10-12)18(29-13)27-11-24-14-16(22)25-20(23)26-17(14)27/h6-11,13,15,18H,4-5H2,1-3H3,(H2,23,25,26). The third-order valence-electron chi connectivity index (χ3n) is 5.99. The number of carbonyl (C=O) groups excluding carboxylic acids is 1. The number of esters is 1. The summed E-state index contributed by atoms with van der Waals surface area (Å²) in [4.78, 5) is 25.5. The number of imidazole rings is 1. The number of benzene rings is 1. The molecule has 2 aromatic heterocycles. The Kier molecular flexibility index (Phi) is 5.38. The van der Waals surface area contributed by atoms with Gasteiger partial charge in [-0.25, -0.2) is 9.78 Å². The van der Waals surface area contributed by atoms with Crippen molar-refractivity contribution in [2.24, 2.45) is 5.41 Å². The van der Waals surface area contributed by atoms with Crippen LogP contribution in [0.1, 0.15) is 50.2 Å². The van der Waals surface area contributed by atoms with Crippen LogP contribution in [0.5, 0.6) is 0 Å². The lowest BCUT2D eigenvalue weighted by atomic mass is 9.77. The molecule has 158 valence electrons. The Morgan fingerprint density at radius 1 is 1.30 bits per heavy atom. The molecule has 1 aliphatic heterocycles. The van der Waals surface area contributed by atoms with Crippen LogP contribution in [0.4, 0.5) is 5.95 Å². The zero-order chi connectivity index (χ0) is 21.5. The predicted octanol–water partition coefficient (Wildman–Crippen LogP) is 4.01. The molecule has 0 radical (unpaired) electrons. The van der Waals surface area contributed by atoms with Crippen molar-refractivity contribution in [2.75, 3.05) is 5.73 Å². The molecule has 0 bridgehead atoms.